The molecule has 0 radical (unpaired) electrons. The third-order valence-corrected chi connectivity index (χ3v) is 3.29. The summed E-state index contributed by atoms with van der Waals surface area (Å²) < 4.78 is 5.21. The van der Waals surface area contributed by atoms with Gasteiger partial charge in [-0.3, -0.25) is 9.59 Å². The highest BCUT2D eigenvalue weighted by atomic mass is 16.5. The fourth-order valence-corrected chi connectivity index (χ4v) is 2.34. The number of carbonyl (C=O) groups excluding carboxylic acids is 2. The first-order valence-electron chi connectivity index (χ1n) is 5.90. The summed E-state index contributed by atoms with van der Waals surface area (Å²) in [6, 6.07) is -0.232. The Morgan fingerprint density at radius 3 is 2.62 bits per heavy atom. The fourth-order valence-electron chi connectivity index (χ4n) is 2.34. The van der Waals surface area contributed by atoms with Gasteiger partial charge >= 0.3 is 0 Å². The molecule has 2 aliphatic heterocycles. The van der Waals surface area contributed by atoms with Crippen molar-refractivity contribution in [2.75, 3.05) is 32.8 Å². The van der Waals surface area contributed by atoms with E-state index in [4.69, 9.17) is 4.74 Å². The molecule has 5 nitrogen and oxygen atoms in total. The van der Waals surface area contributed by atoms with Crippen LogP contribution in [0.15, 0.2) is 0 Å². The van der Waals surface area contributed by atoms with E-state index in [1.54, 1.807) is 4.90 Å². The van der Waals surface area contributed by atoms with Gasteiger partial charge in [-0.1, -0.05) is 0 Å². The van der Waals surface area contributed by atoms with Crippen LogP contribution in [0.3, 0.4) is 0 Å². The molecule has 0 aromatic heterocycles. The second kappa shape index (κ2) is 5.30. The van der Waals surface area contributed by atoms with Crippen molar-refractivity contribution >= 4 is 12.3 Å². The SMILES string of the molecule is O=CN1CCCCC1C(=O)N1CCOCC1. The van der Waals surface area contributed by atoms with Crippen LogP contribution in [0, 0.1) is 0 Å². The Kier molecular flexibility index (Phi) is 3.77. The van der Waals surface area contributed by atoms with Gasteiger partial charge in [-0.25, -0.2) is 0 Å². The Morgan fingerprint density at radius 2 is 1.94 bits per heavy atom. The fraction of sp³-hybridized carbons (Fsp3) is 0.818. The summed E-state index contributed by atoms with van der Waals surface area (Å²) in [5.74, 6) is 0.0927. The number of hydrogen-bond acceptors (Lipinski definition) is 3. The van der Waals surface area contributed by atoms with Crippen LogP contribution < -0.4 is 0 Å². The Labute approximate surface area is 95.3 Å². The number of piperidine rings is 1. The molecule has 2 fully saturated rings. The standard InChI is InChI=1S/C11H18N2O3/c14-9-13-4-2-1-3-10(13)11(15)12-5-7-16-8-6-12/h9-10H,1-8H2. The minimum Gasteiger partial charge on any atom is -0.378 e. The lowest BCUT2D eigenvalue weighted by atomic mass is 10.0. The van der Waals surface area contributed by atoms with E-state index < -0.39 is 0 Å². The Morgan fingerprint density at radius 1 is 1.19 bits per heavy atom. The molecular formula is C11H18N2O3. The van der Waals surface area contributed by atoms with E-state index >= 15 is 0 Å². The molecule has 90 valence electrons. The minimum atomic E-state index is -0.232. The van der Waals surface area contributed by atoms with Crippen LogP contribution in [0.4, 0.5) is 0 Å². The molecule has 5 heteroatoms. The number of carbonyl (C=O) groups is 2. The molecule has 1 unspecified atom stereocenters. The molecule has 2 saturated heterocycles. The topological polar surface area (TPSA) is 49.9 Å². The minimum absolute atomic E-state index is 0.0927. The zero-order valence-electron chi connectivity index (χ0n) is 9.43. The molecule has 0 bridgehead atoms. The van der Waals surface area contributed by atoms with Crippen molar-refractivity contribution in [2.45, 2.75) is 25.3 Å². The summed E-state index contributed by atoms with van der Waals surface area (Å²) in [4.78, 5) is 26.5. The summed E-state index contributed by atoms with van der Waals surface area (Å²) in [5, 5.41) is 0. The largest absolute Gasteiger partial charge is 0.378 e. The van der Waals surface area contributed by atoms with Crippen molar-refractivity contribution in [2.24, 2.45) is 0 Å². The molecule has 2 rings (SSSR count). The summed E-state index contributed by atoms with van der Waals surface area (Å²) in [6.45, 7) is 3.24. The van der Waals surface area contributed by atoms with Crippen LogP contribution in [0.2, 0.25) is 0 Å². The maximum absolute atomic E-state index is 12.2. The lowest BCUT2D eigenvalue weighted by Gasteiger charge is -2.36. The smallest absolute Gasteiger partial charge is 0.245 e. The number of amides is 2. The molecule has 2 aliphatic rings. The van der Waals surface area contributed by atoms with Gasteiger partial charge in [0.2, 0.25) is 12.3 Å². The zero-order valence-corrected chi connectivity index (χ0v) is 9.43. The zero-order chi connectivity index (χ0) is 11.4. The first kappa shape index (κ1) is 11.4. The lowest BCUT2D eigenvalue weighted by Crippen LogP contribution is -2.53. The molecule has 0 aromatic rings. The predicted molar refractivity (Wildman–Crippen MR) is 57.8 cm³/mol. The molecule has 0 saturated carbocycles. The van der Waals surface area contributed by atoms with Gasteiger partial charge in [0.25, 0.3) is 0 Å². The van der Waals surface area contributed by atoms with Crippen molar-refractivity contribution in [3.8, 4) is 0 Å². The molecule has 1 atom stereocenters. The molecular weight excluding hydrogens is 208 g/mol. The van der Waals surface area contributed by atoms with Crippen LogP contribution in [-0.4, -0.2) is 61.0 Å². The van der Waals surface area contributed by atoms with E-state index in [-0.39, 0.29) is 11.9 Å². The van der Waals surface area contributed by atoms with Gasteiger partial charge < -0.3 is 14.5 Å². The maximum Gasteiger partial charge on any atom is 0.245 e. The van der Waals surface area contributed by atoms with Gasteiger partial charge in [0.15, 0.2) is 0 Å². The van der Waals surface area contributed by atoms with Crippen molar-refractivity contribution in [3.63, 3.8) is 0 Å². The lowest BCUT2D eigenvalue weighted by molar-refractivity contribution is -0.145. The number of ether oxygens (including phenoxy) is 1. The van der Waals surface area contributed by atoms with E-state index in [9.17, 15) is 9.59 Å². The average Bonchev–Trinajstić information content (AvgIpc) is 2.39. The molecule has 0 spiro atoms. The van der Waals surface area contributed by atoms with Crippen molar-refractivity contribution in [1.82, 2.24) is 9.80 Å². The Bertz CT molecular complexity index is 264. The molecule has 2 heterocycles. The van der Waals surface area contributed by atoms with Crippen molar-refractivity contribution in [3.05, 3.63) is 0 Å². The van der Waals surface area contributed by atoms with Crippen LogP contribution in [0.5, 0.6) is 0 Å². The van der Waals surface area contributed by atoms with Gasteiger partial charge in [-0.05, 0) is 19.3 Å². The quantitative estimate of drug-likeness (QED) is 0.616. The monoisotopic (exact) mass is 226 g/mol. The number of nitrogens with zero attached hydrogens (tertiary/aromatic N) is 2. The summed E-state index contributed by atoms with van der Waals surface area (Å²) >= 11 is 0. The average molecular weight is 226 g/mol. The second-order valence-electron chi connectivity index (χ2n) is 4.29. The van der Waals surface area contributed by atoms with Gasteiger partial charge in [0, 0.05) is 19.6 Å². The normalized spacial score (nSPS) is 26.6. The molecule has 16 heavy (non-hydrogen) atoms. The first-order chi connectivity index (χ1) is 7.83. The maximum atomic E-state index is 12.2. The van der Waals surface area contributed by atoms with Crippen LogP contribution in [0.25, 0.3) is 0 Å². The third kappa shape index (κ3) is 2.35. The second-order valence-corrected chi connectivity index (χ2v) is 4.29. The van der Waals surface area contributed by atoms with Gasteiger partial charge in [0.05, 0.1) is 13.2 Å². The van der Waals surface area contributed by atoms with Gasteiger partial charge in [-0.2, -0.15) is 0 Å². The van der Waals surface area contributed by atoms with Crippen molar-refractivity contribution in [1.29, 1.82) is 0 Å². The van der Waals surface area contributed by atoms with Gasteiger partial charge in [0.1, 0.15) is 6.04 Å². The predicted octanol–water partition coefficient (Wildman–Crippen LogP) is -0.144. The summed E-state index contributed by atoms with van der Waals surface area (Å²) in [5.41, 5.74) is 0. The summed E-state index contributed by atoms with van der Waals surface area (Å²) in [7, 11) is 0. The Hall–Kier alpha value is -1.10. The van der Waals surface area contributed by atoms with Crippen LogP contribution >= 0.6 is 0 Å². The van der Waals surface area contributed by atoms with E-state index in [0.717, 1.165) is 25.7 Å². The van der Waals surface area contributed by atoms with Gasteiger partial charge in [-0.15, -0.1) is 0 Å². The number of rotatable bonds is 2. The summed E-state index contributed by atoms with van der Waals surface area (Å²) in [6.07, 6.45) is 3.65. The van der Waals surface area contributed by atoms with Crippen LogP contribution in [0.1, 0.15) is 19.3 Å². The van der Waals surface area contributed by atoms with E-state index in [1.165, 1.54) is 0 Å². The van der Waals surface area contributed by atoms with E-state index in [1.807, 2.05) is 4.90 Å². The van der Waals surface area contributed by atoms with E-state index in [2.05, 4.69) is 0 Å². The highest BCUT2D eigenvalue weighted by Gasteiger charge is 2.31. The Balaban J connectivity index is 1.97. The van der Waals surface area contributed by atoms with Crippen molar-refractivity contribution < 1.29 is 14.3 Å². The number of morpholine rings is 1. The third-order valence-electron chi connectivity index (χ3n) is 3.29. The highest BCUT2D eigenvalue weighted by Crippen LogP contribution is 2.17. The highest BCUT2D eigenvalue weighted by molar-refractivity contribution is 5.84. The van der Waals surface area contributed by atoms with E-state index in [0.29, 0.717) is 32.8 Å². The van der Waals surface area contributed by atoms with Crippen LogP contribution in [-0.2, 0) is 14.3 Å². The molecule has 0 aliphatic carbocycles. The molecule has 0 aromatic carbocycles. The first-order valence-corrected chi connectivity index (χ1v) is 5.90. The molecule has 0 N–H and O–H groups in total. The number of hydrogen-bond donors (Lipinski definition) is 0. The number of likely N-dealkylation sites (tertiary alicyclic amines) is 1. The molecule has 2 amide bonds.